The van der Waals surface area contributed by atoms with Crippen molar-refractivity contribution in [3.8, 4) is 22.3 Å². The van der Waals surface area contributed by atoms with E-state index in [2.05, 4.69) is 49.9 Å². The summed E-state index contributed by atoms with van der Waals surface area (Å²) in [5, 5.41) is 20.2. The lowest BCUT2D eigenvalue weighted by molar-refractivity contribution is -0.132. The Balaban J connectivity index is 0.764. The second-order valence-electron chi connectivity index (χ2n) is 14.7. The third-order valence-electron chi connectivity index (χ3n) is 10.8. The van der Waals surface area contributed by atoms with Crippen LogP contribution in [0.4, 0.5) is 5.69 Å². The summed E-state index contributed by atoms with van der Waals surface area (Å²) in [6, 6.07) is 8.35. The molecule has 0 radical (unpaired) electrons. The molecule has 0 saturated carbocycles. The van der Waals surface area contributed by atoms with Gasteiger partial charge in [0.2, 0.25) is 17.7 Å². The average Bonchev–Trinajstić information content (AvgIpc) is 3.99. The summed E-state index contributed by atoms with van der Waals surface area (Å²) in [6.45, 7) is 7.87. The maximum atomic E-state index is 12.5. The number of β-amino-alcohol motifs (C(OH)–C–C–N with tert-alkyl or cyclic N) is 1. The molecular formula is C41H56ClN7O9. The van der Waals surface area contributed by atoms with Gasteiger partial charge in [0.15, 0.2) is 0 Å². The number of anilines is 1. The van der Waals surface area contributed by atoms with Crippen LogP contribution < -0.4 is 15.5 Å². The molecule has 16 nitrogen and oxygen atoms in total. The van der Waals surface area contributed by atoms with Gasteiger partial charge in [0.25, 0.3) is 0 Å². The van der Waals surface area contributed by atoms with Crippen LogP contribution in [-0.2, 0) is 44.6 Å². The molecule has 3 aromatic rings. The van der Waals surface area contributed by atoms with Crippen LogP contribution in [-0.4, -0.2) is 154 Å². The Bertz CT molecular complexity index is 1770. The molecule has 6 rings (SSSR count). The fourth-order valence-electron chi connectivity index (χ4n) is 7.44. The summed E-state index contributed by atoms with van der Waals surface area (Å²) < 4.78 is 29.6. The average molecular weight is 826 g/mol. The Morgan fingerprint density at radius 1 is 0.828 bits per heavy atom. The third kappa shape index (κ3) is 12.4. The molecule has 316 valence electrons. The van der Waals surface area contributed by atoms with Crippen molar-refractivity contribution in [3.05, 3.63) is 54.1 Å². The van der Waals surface area contributed by atoms with Crippen LogP contribution in [0, 0.1) is 5.41 Å². The Labute approximate surface area is 344 Å². The Morgan fingerprint density at radius 3 is 2.09 bits per heavy atom. The first-order chi connectivity index (χ1) is 28.3. The van der Waals surface area contributed by atoms with Crippen molar-refractivity contribution in [3.63, 3.8) is 0 Å². The lowest BCUT2D eigenvalue weighted by Gasteiger charge is -2.39. The molecule has 17 heteroatoms. The zero-order chi connectivity index (χ0) is 40.6. The minimum absolute atomic E-state index is 0.0701. The standard InChI is InChI=1S/C41H56ClN7O9/c42-36-27-43-26-35(39(36)47-12-8-41(9-13-47)7-10-44-40(41)53)32-3-1-31(2-4-32)33-25-46-49(29-33)14-16-55-18-20-57-22-24-58-23-21-56-19-17-54-15-6-37(51)45-28-38(52)48-11-5-34(50)30-48/h1-4,25-27,29,34,50H,5-24,28,30H2,(H,44,53)(H,45,51). The van der Waals surface area contributed by atoms with E-state index in [-0.39, 0.29) is 42.7 Å². The van der Waals surface area contributed by atoms with Crippen LogP contribution in [0.15, 0.2) is 49.1 Å². The zero-order valence-electron chi connectivity index (χ0n) is 33.1. The summed E-state index contributed by atoms with van der Waals surface area (Å²) in [4.78, 5) is 44.6. The van der Waals surface area contributed by atoms with Crippen molar-refractivity contribution in [2.75, 3.05) is 110 Å². The second kappa shape index (κ2) is 22.3. The first-order valence-electron chi connectivity index (χ1n) is 20.2. The SMILES string of the molecule is O=C(CCOCCOCCOCCOCCOCCn1cc(-c2ccc(-c3cncc(Cl)c3N3CCC4(CCNC4=O)CC3)cc2)cn1)NCC(=O)N1CCC(O)C1. The maximum Gasteiger partial charge on any atom is 0.242 e. The van der Waals surface area contributed by atoms with Crippen molar-refractivity contribution in [1.82, 2.24) is 30.3 Å². The van der Waals surface area contributed by atoms with Crippen molar-refractivity contribution in [2.45, 2.75) is 44.8 Å². The van der Waals surface area contributed by atoms with E-state index >= 15 is 0 Å². The lowest BCUT2D eigenvalue weighted by Crippen LogP contribution is -2.44. The molecule has 3 amide bonds. The molecule has 58 heavy (non-hydrogen) atoms. The van der Waals surface area contributed by atoms with Gasteiger partial charge < -0.3 is 49.2 Å². The van der Waals surface area contributed by atoms with E-state index in [9.17, 15) is 19.5 Å². The molecule has 1 aromatic carbocycles. The molecular weight excluding hydrogens is 770 g/mol. The number of hydrogen-bond acceptors (Lipinski definition) is 12. The number of aromatic nitrogens is 3. The van der Waals surface area contributed by atoms with E-state index in [0.29, 0.717) is 90.5 Å². The molecule has 1 atom stereocenters. The molecule has 3 N–H and O–H groups in total. The van der Waals surface area contributed by atoms with Crippen molar-refractivity contribution >= 4 is 35.0 Å². The number of carbonyl (C=O) groups is 3. The fourth-order valence-corrected chi connectivity index (χ4v) is 7.71. The quantitative estimate of drug-likeness (QED) is 0.119. The van der Waals surface area contributed by atoms with Crippen LogP contribution in [0.25, 0.3) is 22.3 Å². The highest BCUT2D eigenvalue weighted by Gasteiger charge is 2.44. The highest BCUT2D eigenvalue weighted by molar-refractivity contribution is 6.33. The van der Waals surface area contributed by atoms with E-state index in [1.54, 1.807) is 11.1 Å². The number of ether oxygens (including phenoxy) is 5. The van der Waals surface area contributed by atoms with Gasteiger partial charge in [0.05, 0.1) is 108 Å². The number of nitrogens with zero attached hydrogens (tertiary/aromatic N) is 5. The molecule has 1 unspecified atom stereocenters. The molecule has 5 heterocycles. The van der Waals surface area contributed by atoms with E-state index in [1.165, 1.54) is 0 Å². The van der Waals surface area contributed by atoms with Gasteiger partial charge in [-0.05, 0) is 36.8 Å². The number of benzene rings is 1. The van der Waals surface area contributed by atoms with Crippen LogP contribution in [0.1, 0.15) is 32.1 Å². The van der Waals surface area contributed by atoms with E-state index in [1.807, 2.05) is 23.3 Å². The number of aliphatic hydroxyl groups is 1. The fraction of sp³-hybridized carbons (Fsp3) is 0.585. The Morgan fingerprint density at radius 2 is 1.47 bits per heavy atom. The molecule has 3 aliphatic rings. The van der Waals surface area contributed by atoms with E-state index in [0.717, 1.165) is 66.8 Å². The first-order valence-corrected chi connectivity index (χ1v) is 20.6. The third-order valence-corrected chi connectivity index (χ3v) is 11.1. The van der Waals surface area contributed by atoms with Crippen LogP contribution in [0.3, 0.4) is 0 Å². The largest absolute Gasteiger partial charge is 0.391 e. The minimum Gasteiger partial charge on any atom is -0.391 e. The van der Waals surface area contributed by atoms with Crippen molar-refractivity contribution < 1.29 is 43.2 Å². The summed E-state index contributed by atoms with van der Waals surface area (Å²) in [5.74, 6) is -0.256. The summed E-state index contributed by atoms with van der Waals surface area (Å²) in [7, 11) is 0. The monoisotopic (exact) mass is 825 g/mol. The van der Waals surface area contributed by atoms with E-state index < -0.39 is 6.10 Å². The van der Waals surface area contributed by atoms with Gasteiger partial charge in [-0.3, -0.25) is 24.0 Å². The first kappa shape index (κ1) is 43.4. The van der Waals surface area contributed by atoms with Crippen LogP contribution >= 0.6 is 11.6 Å². The number of nitrogens with one attached hydrogen (secondary N) is 2. The van der Waals surface area contributed by atoms with E-state index in [4.69, 9.17) is 35.3 Å². The predicted octanol–water partition coefficient (Wildman–Crippen LogP) is 2.55. The maximum absolute atomic E-state index is 12.5. The van der Waals surface area contributed by atoms with Gasteiger partial charge in [-0.2, -0.15) is 5.10 Å². The van der Waals surface area contributed by atoms with Crippen molar-refractivity contribution in [2.24, 2.45) is 5.41 Å². The Hall–Kier alpha value is -4.16. The van der Waals surface area contributed by atoms with Gasteiger partial charge >= 0.3 is 0 Å². The Kier molecular flexibility index (Phi) is 16.7. The molecule has 1 spiro atoms. The molecule has 3 fully saturated rings. The van der Waals surface area contributed by atoms with Crippen molar-refractivity contribution in [1.29, 1.82) is 0 Å². The van der Waals surface area contributed by atoms with Gasteiger partial charge in [-0.1, -0.05) is 35.9 Å². The molecule has 3 saturated heterocycles. The number of likely N-dealkylation sites (tertiary alicyclic amines) is 1. The van der Waals surface area contributed by atoms with Crippen LogP contribution in [0.2, 0.25) is 5.02 Å². The summed E-state index contributed by atoms with van der Waals surface area (Å²) >= 11 is 6.73. The normalized spacial score (nSPS) is 17.6. The summed E-state index contributed by atoms with van der Waals surface area (Å²) in [5.41, 5.74) is 4.80. The minimum atomic E-state index is -0.477. The lowest BCUT2D eigenvalue weighted by atomic mass is 9.77. The number of aliphatic hydroxyl groups excluding tert-OH is 1. The number of carbonyl (C=O) groups excluding carboxylic acids is 3. The van der Waals surface area contributed by atoms with Crippen LogP contribution in [0.5, 0.6) is 0 Å². The number of pyridine rings is 1. The topological polar surface area (TPSA) is 179 Å². The zero-order valence-corrected chi connectivity index (χ0v) is 33.8. The summed E-state index contributed by atoms with van der Waals surface area (Å²) in [6.07, 6.45) is 10.2. The number of halogens is 1. The van der Waals surface area contributed by atoms with Gasteiger partial charge in [-0.15, -0.1) is 0 Å². The number of hydrogen-bond donors (Lipinski definition) is 3. The van der Waals surface area contributed by atoms with Gasteiger partial charge in [0.1, 0.15) is 0 Å². The number of piperidine rings is 1. The van der Waals surface area contributed by atoms with Gasteiger partial charge in [-0.25, -0.2) is 0 Å². The highest BCUT2D eigenvalue weighted by Crippen LogP contribution is 2.43. The predicted molar refractivity (Wildman–Crippen MR) is 216 cm³/mol. The smallest absolute Gasteiger partial charge is 0.242 e. The van der Waals surface area contributed by atoms with Gasteiger partial charge in [0, 0.05) is 68.9 Å². The number of rotatable bonds is 23. The second-order valence-corrected chi connectivity index (χ2v) is 15.1. The molecule has 3 aliphatic heterocycles. The highest BCUT2D eigenvalue weighted by atomic mass is 35.5. The number of amides is 3. The molecule has 0 aliphatic carbocycles. The molecule has 2 aromatic heterocycles. The molecule has 0 bridgehead atoms.